The summed E-state index contributed by atoms with van der Waals surface area (Å²) in [4.78, 5) is 18.1. The van der Waals surface area contributed by atoms with Crippen molar-refractivity contribution < 1.29 is 23.1 Å². The molecular weight excluding hydrogens is 306 g/mol. The quantitative estimate of drug-likeness (QED) is 0.922. The summed E-state index contributed by atoms with van der Waals surface area (Å²) >= 11 is 0. The van der Waals surface area contributed by atoms with Crippen molar-refractivity contribution in [3.63, 3.8) is 0 Å². The molecule has 2 aromatic rings. The van der Waals surface area contributed by atoms with Crippen LogP contribution in [0.25, 0.3) is 0 Å². The van der Waals surface area contributed by atoms with Crippen LogP contribution in [0.1, 0.15) is 40.2 Å². The number of halogens is 2. The van der Waals surface area contributed by atoms with Crippen molar-refractivity contribution in [2.75, 3.05) is 6.54 Å². The Kier molecular flexibility index (Phi) is 3.89. The molecule has 0 radical (unpaired) electrons. The SMILES string of the molecule is Cc1nc(C)c(C(=O)N2C[C@H](O)C[C@H]2c2ccc(F)c(F)c2)o1. The Bertz CT molecular complexity index is 760. The first-order chi connectivity index (χ1) is 10.9. The Morgan fingerprint density at radius 1 is 1.35 bits per heavy atom. The van der Waals surface area contributed by atoms with E-state index in [-0.39, 0.29) is 18.7 Å². The van der Waals surface area contributed by atoms with Crippen molar-refractivity contribution in [2.45, 2.75) is 32.4 Å². The number of aliphatic hydroxyl groups is 1. The van der Waals surface area contributed by atoms with Crippen LogP contribution < -0.4 is 0 Å². The number of benzene rings is 1. The van der Waals surface area contributed by atoms with Gasteiger partial charge in [0.2, 0.25) is 5.76 Å². The van der Waals surface area contributed by atoms with Gasteiger partial charge in [0.25, 0.3) is 5.91 Å². The summed E-state index contributed by atoms with van der Waals surface area (Å²) in [6.07, 6.45) is -0.482. The van der Waals surface area contributed by atoms with Gasteiger partial charge < -0.3 is 14.4 Å². The first-order valence-electron chi connectivity index (χ1n) is 7.25. The molecule has 1 N–H and O–H groups in total. The number of aromatic nitrogens is 1. The lowest BCUT2D eigenvalue weighted by Gasteiger charge is -2.24. The molecule has 0 spiro atoms. The number of rotatable bonds is 2. The van der Waals surface area contributed by atoms with Gasteiger partial charge in [0.1, 0.15) is 0 Å². The van der Waals surface area contributed by atoms with Crippen LogP contribution in [0, 0.1) is 25.5 Å². The molecule has 1 aromatic heterocycles. The van der Waals surface area contributed by atoms with Gasteiger partial charge in [-0.1, -0.05) is 6.07 Å². The highest BCUT2D eigenvalue weighted by Crippen LogP contribution is 2.34. The summed E-state index contributed by atoms with van der Waals surface area (Å²) in [5, 5.41) is 9.92. The highest BCUT2D eigenvalue weighted by molar-refractivity contribution is 5.93. The predicted molar refractivity (Wildman–Crippen MR) is 76.7 cm³/mol. The maximum absolute atomic E-state index is 13.5. The minimum Gasteiger partial charge on any atom is -0.436 e. The highest BCUT2D eigenvalue weighted by Gasteiger charge is 2.38. The number of hydrogen-bond acceptors (Lipinski definition) is 4. The highest BCUT2D eigenvalue weighted by atomic mass is 19.2. The van der Waals surface area contributed by atoms with Crippen molar-refractivity contribution in [1.82, 2.24) is 9.88 Å². The maximum atomic E-state index is 13.5. The van der Waals surface area contributed by atoms with Crippen molar-refractivity contribution in [3.8, 4) is 0 Å². The summed E-state index contributed by atoms with van der Waals surface area (Å²) in [5.74, 6) is -1.89. The maximum Gasteiger partial charge on any atom is 0.292 e. The van der Waals surface area contributed by atoms with Crippen LogP contribution in [0.15, 0.2) is 22.6 Å². The molecule has 1 aliphatic heterocycles. The van der Waals surface area contributed by atoms with Gasteiger partial charge in [0.05, 0.1) is 17.8 Å². The third kappa shape index (κ3) is 2.84. The Morgan fingerprint density at radius 3 is 2.70 bits per heavy atom. The van der Waals surface area contributed by atoms with Gasteiger partial charge in [-0.05, 0) is 31.0 Å². The standard InChI is InChI=1S/C16H16F2N2O3/c1-8-15(23-9(2)19-8)16(22)20-7-11(21)6-14(20)10-3-4-12(17)13(18)5-10/h3-5,11,14,21H,6-7H2,1-2H3/t11-,14+/m1/s1. The minimum absolute atomic E-state index is 0.0989. The lowest BCUT2D eigenvalue weighted by atomic mass is 10.0. The number of aliphatic hydroxyl groups excluding tert-OH is 1. The molecule has 1 amide bonds. The number of amides is 1. The number of carbonyl (C=O) groups excluding carboxylic acids is 1. The number of hydrogen-bond donors (Lipinski definition) is 1. The zero-order chi connectivity index (χ0) is 16.7. The lowest BCUT2D eigenvalue weighted by Crippen LogP contribution is -2.32. The van der Waals surface area contributed by atoms with Gasteiger partial charge in [-0.15, -0.1) is 0 Å². The van der Waals surface area contributed by atoms with E-state index in [4.69, 9.17) is 4.42 Å². The second-order valence-corrected chi connectivity index (χ2v) is 5.68. The second-order valence-electron chi connectivity index (χ2n) is 5.68. The van der Waals surface area contributed by atoms with E-state index in [1.165, 1.54) is 11.0 Å². The number of β-amino-alcohol motifs (C(OH)–C–C–N with tert-alkyl or cyclic N) is 1. The van der Waals surface area contributed by atoms with Crippen molar-refractivity contribution in [3.05, 3.63) is 52.7 Å². The predicted octanol–water partition coefficient (Wildman–Crippen LogP) is 2.52. The summed E-state index contributed by atoms with van der Waals surface area (Å²) in [6, 6.07) is 2.94. The fourth-order valence-corrected chi connectivity index (χ4v) is 2.93. The number of likely N-dealkylation sites (tertiary alicyclic amines) is 1. The van der Waals surface area contributed by atoms with Crippen LogP contribution in [-0.4, -0.2) is 33.5 Å². The topological polar surface area (TPSA) is 66.6 Å². The molecule has 122 valence electrons. The van der Waals surface area contributed by atoms with Gasteiger partial charge in [0, 0.05) is 13.5 Å². The van der Waals surface area contributed by atoms with Crippen molar-refractivity contribution in [2.24, 2.45) is 0 Å². The first-order valence-corrected chi connectivity index (χ1v) is 7.25. The third-order valence-corrected chi connectivity index (χ3v) is 3.97. The molecule has 0 saturated carbocycles. The van der Waals surface area contributed by atoms with Crippen LogP contribution in [0.5, 0.6) is 0 Å². The number of carbonyl (C=O) groups is 1. The summed E-state index contributed by atoms with van der Waals surface area (Å²) in [6.45, 7) is 3.39. The van der Waals surface area contributed by atoms with E-state index in [1.54, 1.807) is 13.8 Å². The number of aryl methyl sites for hydroxylation is 2. The average molecular weight is 322 g/mol. The molecule has 0 unspecified atom stereocenters. The molecule has 1 aliphatic rings. The molecule has 2 atom stereocenters. The monoisotopic (exact) mass is 322 g/mol. The molecule has 3 rings (SSSR count). The van der Waals surface area contributed by atoms with Gasteiger partial charge in [-0.3, -0.25) is 4.79 Å². The van der Waals surface area contributed by atoms with E-state index in [9.17, 15) is 18.7 Å². The second kappa shape index (κ2) is 5.73. The third-order valence-electron chi connectivity index (χ3n) is 3.97. The Balaban J connectivity index is 1.94. The van der Waals surface area contributed by atoms with Crippen LogP contribution in [0.2, 0.25) is 0 Å². The normalized spacial score (nSPS) is 21.0. The van der Waals surface area contributed by atoms with E-state index in [2.05, 4.69) is 4.98 Å². The molecule has 0 bridgehead atoms. The van der Waals surface area contributed by atoms with Gasteiger partial charge in [-0.25, -0.2) is 13.8 Å². The summed E-state index contributed by atoms with van der Waals surface area (Å²) in [7, 11) is 0. The molecule has 23 heavy (non-hydrogen) atoms. The van der Waals surface area contributed by atoms with Gasteiger partial charge in [0.15, 0.2) is 17.5 Å². The Hall–Kier alpha value is -2.28. The Labute approximate surface area is 131 Å². The van der Waals surface area contributed by atoms with E-state index >= 15 is 0 Å². The zero-order valence-electron chi connectivity index (χ0n) is 12.7. The molecule has 7 heteroatoms. The minimum atomic E-state index is -0.983. The van der Waals surface area contributed by atoms with E-state index in [0.717, 1.165) is 12.1 Å². The van der Waals surface area contributed by atoms with E-state index in [0.29, 0.717) is 17.1 Å². The van der Waals surface area contributed by atoms with Crippen LogP contribution in [-0.2, 0) is 0 Å². The summed E-state index contributed by atoms with van der Waals surface area (Å²) < 4.78 is 31.9. The van der Waals surface area contributed by atoms with Crippen LogP contribution in [0.3, 0.4) is 0 Å². The van der Waals surface area contributed by atoms with Crippen molar-refractivity contribution >= 4 is 5.91 Å². The smallest absolute Gasteiger partial charge is 0.292 e. The fraction of sp³-hybridized carbons (Fsp3) is 0.375. The fourth-order valence-electron chi connectivity index (χ4n) is 2.93. The number of nitrogens with zero attached hydrogens (tertiary/aromatic N) is 2. The number of oxazole rings is 1. The molecule has 2 heterocycles. The van der Waals surface area contributed by atoms with Crippen LogP contribution >= 0.6 is 0 Å². The van der Waals surface area contributed by atoms with Gasteiger partial charge in [-0.2, -0.15) is 0 Å². The van der Waals surface area contributed by atoms with E-state index in [1.807, 2.05) is 0 Å². The summed E-state index contributed by atoms with van der Waals surface area (Å²) in [5.41, 5.74) is 0.889. The molecular formula is C16H16F2N2O3. The van der Waals surface area contributed by atoms with E-state index < -0.39 is 29.7 Å². The molecule has 0 aliphatic carbocycles. The van der Waals surface area contributed by atoms with Crippen LogP contribution in [0.4, 0.5) is 8.78 Å². The zero-order valence-corrected chi connectivity index (χ0v) is 12.7. The largest absolute Gasteiger partial charge is 0.436 e. The lowest BCUT2D eigenvalue weighted by molar-refractivity contribution is 0.0681. The molecule has 1 aromatic carbocycles. The average Bonchev–Trinajstić information content (AvgIpc) is 3.03. The van der Waals surface area contributed by atoms with Gasteiger partial charge >= 0.3 is 0 Å². The first kappa shape index (κ1) is 15.6. The molecule has 5 nitrogen and oxygen atoms in total. The van der Waals surface area contributed by atoms with Crippen molar-refractivity contribution in [1.29, 1.82) is 0 Å². The Morgan fingerprint density at radius 2 is 2.09 bits per heavy atom. The molecule has 1 fully saturated rings. The molecule has 1 saturated heterocycles.